The van der Waals surface area contributed by atoms with Crippen molar-refractivity contribution in [1.29, 1.82) is 0 Å². The number of aromatic carboxylic acids is 1. The fraction of sp³-hybridized carbons (Fsp3) is 0.154. The first kappa shape index (κ1) is 10.5. The lowest BCUT2D eigenvalue weighted by atomic mass is 9.95. The second-order valence-corrected chi connectivity index (χ2v) is 3.80. The van der Waals surface area contributed by atoms with E-state index in [1.165, 1.54) is 0 Å². The molecule has 2 rings (SSSR count). The van der Waals surface area contributed by atoms with Gasteiger partial charge in [-0.1, -0.05) is 0 Å². The molecule has 3 heteroatoms. The van der Waals surface area contributed by atoms with E-state index in [0.717, 1.165) is 22.3 Å². The zero-order valence-corrected chi connectivity index (χ0v) is 9.15. The summed E-state index contributed by atoms with van der Waals surface area (Å²) < 4.78 is 5.04. The van der Waals surface area contributed by atoms with Crippen LogP contribution in [0.25, 0.3) is 11.1 Å². The van der Waals surface area contributed by atoms with Crippen LogP contribution >= 0.6 is 0 Å². The molecule has 0 saturated carbocycles. The summed E-state index contributed by atoms with van der Waals surface area (Å²) in [6.45, 7) is 3.81. The van der Waals surface area contributed by atoms with Crippen LogP contribution in [0.15, 0.2) is 35.1 Å². The number of aryl methyl sites for hydroxylation is 2. The van der Waals surface area contributed by atoms with Gasteiger partial charge in [-0.3, -0.25) is 0 Å². The largest absolute Gasteiger partial charge is 0.478 e. The van der Waals surface area contributed by atoms with Gasteiger partial charge in [0.15, 0.2) is 0 Å². The van der Waals surface area contributed by atoms with Crippen molar-refractivity contribution in [1.82, 2.24) is 0 Å². The first-order valence-corrected chi connectivity index (χ1v) is 4.96. The normalized spacial score (nSPS) is 10.4. The van der Waals surface area contributed by atoms with Crippen LogP contribution in [0.5, 0.6) is 0 Å². The predicted molar refractivity (Wildman–Crippen MR) is 60.6 cm³/mol. The number of carbonyl (C=O) groups is 1. The molecule has 1 N–H and O–H groups in total. The van der Waals surface area contributed by atoms with Crippen molar-refractivity contribution in [3.05, 3.63) is 47.4 Å². The number of rotatable bonds is 2. The Morgan fingerprint density at radius 1 is 1.25 bits per heavy atom. The Hall–Kier alpha value is -2.03. The highest BCUT2D eigenvalue weighted by atomic mass is 16.4. The first-order chi connectivity index (χ1) is 7.59. The number of hydrogen-bond acceptors (Lipinski definition) is 2. The van der Waals surface area contributed by atoms with Crippen LogP contribution in [0.2, 0.25) is 0 Å². The molecular weight excluding hydrogens is 204 g/mol. The predicted octanol–water partition coefficient (Wildman–Crippen LogP) is 3.26. The third kappa shape index (κ3) is 1.72. The van der Waals surface area contributed by atoms with Gasteiger partial charge in [0.1, 0.15) is 0 Å². The van der Waals surface area contributed by atoms with Gasteiger partial charge in [-0.2, -0.15) is 0 Å². The van der Waals surface area contributed by atoms with Crippen molar-refractivity contribution in [2.75, 3.05) is 0 Å². The van der Waals surface area contributed by atoms with Gasteiger partial charge in [0.2, 0.25) is 0 Å². The molecular formula is C13H12O3. The van der Waals surface area contributed by atoms with Crippen LogP contribution < -0.4 is 0 Å². The van der Waals surface area contributed by atoms with E-state index in [9.17, 15) is 4.79 Å². The molecule has 0 radical (unpaired) electrons. The third-order valence-corrected chi connectivity index (χ3v) is 2.59. The second-order valence-electron chi connectivity index (χ2n) is 3.80. The minimum absolute atomic E-state index is 0.322. The molecule has 1 aromatic heterocycles. The van der Waals surface area contributed by atoms with Gasteiger partial charge < -0.3 is 9.52 Å². The molecule has 0 spiro atoms. The quantitative estimate of drug-likeness (QED) is 0.838. The van der Waals surface area contributed by atoms with Crippen LogP contribution in [0.4, 0.5) is 0 Å². The van der Waals surface area contributed by atoms with Gasteiger partial charge in [0.05, 0.1) is 18.1 Å². The van der Waals surface area contributed by atoms with Crippen molar-refractivity contribution in [3.8, 4) is 11.1 Å². The maximum atomic E-state index is 10.9. The standard InChI is InChI=1S/C13H12O3/c1-8-5-11(13(14)15)6-9(2)12(8)10-3-4-16-7-10/h3-7H,1-2H3,(H,14,15). The molecule has 3 nitrogen and oxygen atoms in total. The fourth-order valence-electron chi connectivity index (χ4n) is 1.95. The van der Waals surface area contributed by atoms with Crippen molar-refractivity contribution < 1.29 is 14.3 Å². The number of carboxylic acid groups (broad SMARTS) is 1. The van der Waals surface area contributed by atoms with Gasteiger partial charge in [0, 0.05) is 5.56 Å². The van der Waals surface area contributed by atoms with E-state index in [1.807, 2.05) is 19.9 Å². The van der Waals surface area contributed by atoms with E-state index in [-0.39, 0.29) is 0 Å². The van der Waals surface area contributed by atoms with E-state index in [1.54, 1.807) is 24.7 Å². The van der Waals surface area contributed by atoms with Crippen LogP contribution in [-0.2, 0) is 0 Å². The highest BCUT2D eigenvalue weighted by molar-refractivity contribution is 5.89. The smallest absolute Gasteiger partial charge is 0.335 e. The van der Waals surface area contributed by atoms with E-state index in [2.05, 4.69) is 0 Å². The third-order valence-electron chi connectivity index (χ3n) is 2.59. The SMILES string of the molecule is Cc1cc(C(=O)O)cc(C)c1-c1ccoc1. The average molecular weight is 216 g/mol. The lowest BCUT2D eigenvalue weighted by molar-refractivity contribution is 0.0696. The molecule has 16 heavy (non-hydrogen) atoms. The molecule has 82 valence electrons. The summed E-state index contributed by atoms with van der Waals surface area (Å²) in [5, 5.41) is 8.94. The van der Waals surface area contributed by atoms with Crippen molar-refractivity contribution >= 4 is 5.97 Å². The average Bonchev–Trinajstić information content (AvgIpc) is 2.69. The number of carboxylic acids is 1. The monoisotopic (exact) mass is 216 g/mol. The topological polar surface area (TPSA) is 50.4 Å². The minimum atomic E-state index is -0.898. The van der Waals surface area contributed by atoms with Gasteiger partial charge in [-0.15, -0.1) is 0 Å². The Balaban J connectivity index is 2.61. The van der Waals surface area contributed by atoms with Gasteiger partial charge >= 0.3 is 5.97 Å². The molecule has 0 aliphatic rings. The van der Waals surface area contributed by atoms with Gasteiger partial charge in [-0.25, -0.2) is 4.79 Å². The van der Waals surface area contributed by atoms with Crippen LogP contribution in [0.3, 0.4) is 0 Å². The Bertz CT molecular complexity index is 501. The molecule has 1 heterocycles. The molecule has 1 aromatic carbocycles. The molecule has 2 aromatic rings. The highest BCUT2D eigenvalue weighted by Gasteiger charge is 2.11. The summed E-state index contributed by atoms with van der Waals surface area (Å²) in [7, 11) is 0. The Kier molecular flexibility index (Phi) is 2.52. The maximum Gasteiger partial charge on any atom is 0.335 e. The van der Waals surface area contributed by atoms with E-state index in [4.69, 9.17) is 9.52 Å². The molecule has 0 aliphatic carbocycles. The second kappa shape index (κ2) is 3.85. The molecule has 0 fully saturated rings. The summed E-state index contributed by atoms with van der Waals surface area (Å²) in [5.74, 6) is -0.898. The zero-order chi connectivity index (χ0) is 11.7. The van der Waals surface area contributed by atoms with E-state index in [0.29, 0.717) is 5.56 Å². The molecule has 0 unspecified atom stereocenters. The van der Waals surface area contributed by atoms with Crippen LogP contribution in [0, 0.1) is 13.8 Å². The van der Waals surface area contributed by atoms with Crippen LogP contribution in [-0.4, -0.2) is 11.1 Å². The first-order valence-electron chi connectivity index (χ1n) is 4.96. The number of benzene rings is 1. The lowest BCUT2D eigenvalue weighted by Gasteiger charge is -2.09. The molecule has 0 atom stereocenters. The molecule has 0 amide bonds. The molecule has 0 aliphatic heterocycles. The van der Waals surface area contributed by atoms with Crippen molar-refractivity contribution in [2.24, 2.45) is 0 Å². The number of furan rings is 1. The Morgan fingerprint density at radius 2 is 1.88 bits per heavy atom. The summed E-state index contributed by atoms with van der Waals surface area (Å²) in [6.07, 6.45) is 3.27. The van der Waals surface area contributed by atoms with E-state index >= 15 is 0 Å². The molecule has 0 bridgehead atoms. The van der Waals surface area contributed by atoms with Crippen molar-refractivity contribution in [2.45, 2.75) is 13.8 Å². The summed E-state index contributed by atoms with van der Waals surface area (Å²) in [4.78, 5) is 10.9. The van der Waals surface area contributed by atoms with Crippen molar-refractivity contribution in [3.63, 3.8) is 0 Å². The summed E-state index contributed by atoms with van der Waals surface area (Å²) in [6, 6.07) is 5.23. The Morgan fingerprint density at radius 3 is 2.31 bits per heavy atom. The summed E-state index contributed by atoms with van der Waals surface area (Å²) in [5.41, 5.74) is 4.23. The lowest BCUT2D eigenvalue weighted by Crippen LogP contribution is -1.99. The summed E-state index contributed by atoms with van der Waals surface area (Å²) >= 11 is 0. The minimum Gasteiger partial charge on any atom is -0.478 e. The van der Waals surface area contributed by atoms with Crippen LogP contribution in [0.1, 0.15) is 21.5 Å². The maximum absolute atomic E-state index is 10.9. The van der Waals surface area contributed by atoms with E-state index < -0.39 is 5.97 Å². The fourth-order valence-corrected chi connectivity index (χ4v) is 1.95. The highest BCUT2D eigenvalue weighted by Crippen LogP contribution is 2.28. The zero-order valence-electron chi connectivity index (χ0n) is 9.15. The Labute approximate surface area is 93.3 Å². The van der Waals surface area contributed by atoms with Gasteiger partial charge in [-0.05, 0) is 48.7 Å². The molecule has 0 saturated heterocycles. The van der Waals surface area contributed by atoms with Gasteiger partial charge in [0.25, 0.3) is 0 Å². The number of hydrogen-bond donors (Lipinski definition) is 1.